The first-order chi connectivity index (χ1) is 5.84. The third-order valence-electron chi connectivity index (χ3n) is 1.26. The van der Waals surface area contributed by atoms with Crippen molar-refractivity contribution in [2.75, 3.05) is 0 Å². The molecular weight excluding hydrogens is 274 g/mol. The van der Waals surface area contributed by atoms with Gasteiger partial charge in [0.2, 0.25) is 0 Å². The van der Waals surface area contributed by atoms with Gasteiger partial charge in [-0.15, -0.1) is 0 Å². The van der Waals surface area contributed by atoms with Crippen molar-refractivity contribution in [3.8, 4) is 0 Å². The minimum atomic E-state index is -4.72. The summed E-state index contributed by atoms with van der Waals surface area (Å²) in [5.74, 6) is 0. The standard InChI is InChI=1S/C6H2BrClF3NO/c7-4-3(8)1-2-12(13)5(4)6(9,10)11/h1-2H. The van der Waals surface area contributed by atoms with Gasteiger partial charge in [0.05, 0.1) is 5.02 Å². The molecule has 0 N–H and O–H groups in total. The molecule has 0 aromatic carbocycles. The summed E-state index contributed by atoms with van der Waals surface area (Å²) in [7, 11) is 0. The molecule has 1 heterocycles. The van der Waals surface area contributed by atoms with Crippen LogP contribution in [0.2, 0.25) is 5.02 Å². The molecule has 0 spiro atoms. The minimum Gasteiger partial charge on any atom is -0.618 e. The largest absolute Gasteiger partial charge is 0.618 e. The molecule has 0 fully saturated rings. The van der Waals surface area contributed by atoms with Crippen molar-refractivity contribution in [3.05, 3.63) is 32.7 Å². The molecule has 1 aromatic rings. The van der Waals surface area contributed by atoms with E-state index in [1.807, 2.05) is 0 Å². The van der Waals surface area contributed by atoms with Crippen molar-refractivity contribution in [2.24, 2.45) is 0 Å². The van der Waals surface area contributed by atoms with Gasteiger partial charge in [-0.3, -0.25) is 0 Å². The first-order valence-corrected chi connectivity index (χ1v) is 4.15. The predicted octanol–water partition coefficient (Wildman–Crippen LogP) is 2.75. The molecule has 0 saturated heterocycles. The van der Waals surface area contributed by atoms with Gasteiger partial charge in [0, 0.05) is 6.07 Å². The first-order valence-electron chi connectivity index (χ1n) is 2.98. The molecule has 0 aliphatic rings. The Morgan fingerprint density at radius 1 is 1.46 bits per heavy atom. The van der Waals surface area contributed by atoms with Crippen LogP contribution >= 0.6 is 27.5 Å². The zero-order chi connectivity index (χ0) is 10.2. The Bertz CT molecular complexity index is 341. The van der Waals surface area contributed by atoms with Crippen molar-refractivity contribution >= 4 is 27.5 Å². The van der Waals surface area contributed by atoms with Crippen molar-refractivity contribution in [1.29, 1.82) is 0 Å². The van der Waals surface area contributed by atoms with Crippen LogP contribution in [0.3, 0.4) is 0 Å². The molecule has 0 amide bonds. The molecule has 1 aromatic heterocycles. The smallest absolute Gasteiger partial charge is 0.480 e. The van der Waals surface area contributed by atoms with E-state index in [-0.39, 0.29) is 9.75 Å². The summed E-state index contributed by atoms with van der Waals surface area (Å²) in [6.45, 7) is 0. The number of rotatable bonds is 0. The Morgan fingerprint density at radius 3 is 2.38 bits per heavy atom. The summed E-state index contributed by atoms with van der Waals surface area (Å²) in [5, 5.41) is 10.6. The topological polar surface area (TPSA) is 26.9 Å². The Hall–Kier alpha value is -0.490. The lowest BCUT2D eigenvalue weighted by molar-refractivity contribution is -0.629. The predicted molar refractivity (Wildman–Crippen MR) is 43.1 cm³/mol. The van der Waals surface area contributed by atoms with Gasteiger partial charge in [-0.25, -0.2) is 0 Å². The second kappa shape index (κ2) is 3.34. The molecule has 0 aliphatic carbocycles. The highest BCUT2D eigenvalue weighted by atomic mass is 79.9. The molecule has 0 aliphatic heterocycles. The fourth-order valence-electron chi connectivity index (χ4n) is 0.740. The van der Waals surface area contributed by atoms with Gasteiger partial charge in [0.1, 0.15) is 4.47 Å². The van der Waals surface area contributed by atoms with Gasteiger partial charge in [0.25, 0.3) is 0 Å². The van der Waals surface area contributed by atoms with Gasteiger partial charge in [0.15, 0.2) is 6.20 Å². The lowest BCUT2D eigenvalue weighted by atomic mass is 10.3. The van der Waals surface area contributed by atoms with E-state index in [1.165, 1.54) is 0 Å². The molecular formula is C6H2BrClF3NO. The molecule has 0 unspecified atom stereocenters. The number of hydrogen-bond acceptors (Lipinski definition) is 1. The number of hydrogen-bond donors (Lipinski definition) is 0. The van der Waals surface area contributed by atoms with Crippen LogP contribution in [0.5, 0.6) is 0 Å². The highest BCUT2D eigenvalue weighted by molar-refractivity contribution is 9.10. The maximum Gasteiger partial charge on any atom is 0.480 e. The van der Waals surface area contributed by atoms with Crippen molar-refractivity contribution in [1.82, 2.24) is 0 Å². The van der Waals surface area contributed by atoms with E-state index in [2.05, 4.69) is 15.9 Å². The molecule has 13 heavy (non-hydrogen) atoms. The molecule has 1 rings (SSSR count). The fraction of sp³-hybridized carbons (Fsp3) is 0.167. The molecule has 72 valence electrons. The zero-order valence-electron chi connectivity index (χ0n) is 5.90. The van der Waals surface area contributed by atoms with Crippen molar-refractivity contribution in [2.45, 2.75) is 6.18 Å². The number of alkyl halides is 3. The van der Waals surface area contributed by atoms with Crippen LogP contribution in [0.15, 0.2) is 16.7 Å². The van der Waals surface area contributed by atoms with Crippen molar-refractivity contribution < 1.29 is 17.9 Å². The van der Waals surface area contributed by atoms with E-state index < -0.39 is 16.3 Å². The average molecular weight is 276 g/mol. The maximum atomic E-state index is 12.2. The Kier molecular flexibility index (Phi) is 2.72. The van der Waals surface area contributed by atoms with Gasteiger partial charge in [-0.2, -0.15) is 17.9 Å². The van der Waals surface area contributed by atoms with E-state index in [1.54, 1.807) is 0 Å². The maximum absolute atomic E-state index is 12.2. The first kappa shape index (κ1) is 10.6. The summed E-state index contributed by atoms with van der Waals surface area (Å²) in [4.78, 5) is 0. The van der Waals surface area contributed by atoms with Gasteiger partial charge in [-0.05, 0) is 15.9 Å². The summed E-state index contributed by atoms with van der Waals surface area (Å²) in [5.41, 5.74) is -1.35. The molecule has 2 nitrogen and oxygen atoms in total. The monoisotopic (exact) mass is 275 g/mol. The van der Waals surface area contributed by atoms with Gasteiger partial charge in [-0.1, -0.05) is 11.6 Å². The fourth-order valence-corrected chi connectivity index (χ4v) is 1.42. The van der Waals surface area contributed by atoms with E-state index in [0.29, 0.717) is 6.20 Å². The number of pyridine rings is 1. The minimum absolute atomic E-state index is 0.153. The van der Waals surface area contributed by atoms with E-state index in [0.717, 1.165) is 6.07 Å². The Labute approximate surface area is 84.6 Å². The van der Waals surface area contributed by atoms with E-state index in [9.17, 15) is 18.4 Å². The van der Waals surface area contributed by atoms with Crippen LogP contribution in [0.4, 0.5) is 13.2 Å². The number of aromatic nitrogens is 1. The van der Waals surface area contributed by atoms with Crippen LogP contribution < -0.4 is 4.73 Å². The highest BCUT2D eigenvalue weighted by Gasteiger charge is 2.43. The SMILES string of the molecule is [O-][n+]1ccc(Cl)c(Br)c1C(F)(F)F. The summed E-state index contributed by atoms with van der Waals surface area (Å²) in [6, 6.07) is 1.08. The number of halogens is 5. The molecule has 0 radical (unpaired) electrons. The van der Waals surface area contributed by atoms with Crippen LogP contribution in [-0.2, 0) is 6.18 Å². The lowest BCUT2D eigenvalue weighted by Crippen LogP contribution is -2.36. The van der Waals surface area contributed by atoms with Gasteiger partial charge >= 0.3 is 11.9 Å². The third-order valence-corrected chi connectivity index (χ3v) is 2.61. The summed E-state index contributed by atoms with van der Waals surface area (Å²) < 4.78 is 35.8. The molecule has 7 heteroatoms. The lowest BCUT2D eigenvalue weighted by Gasteiger charge is -2.09. The van der Waals surface area contributed by atoms with Crippen LogP contribution in [0.25, 0.3) is 0 Å². The quantitative estimate of drug-likeness (QED) is 0.529. The molecule has 0 atom stereocenters. The van der Waals surface area contributed by atoms with Gasteiger partial charge < -0.3 is 5.21 Å². The molecule has 0 saturated carbocycles. The third kappa shape index (κ3) is 2.05. The number of nitrogens with zero attached hydrogens (tertiary/aromatic N) is 1. The second-order valence-electron chi connectivity index (χ2n) is 2.15. The molecule has 0 bridgehead atoms. The summed E-state index contributed by atoms with van der Waals surface area (Å²) >= 11 is 7.99. The Morgan fingerprint density at radius 2 is 2.00 bits per heavy atom. The Balaban J connectivity index is 3.43. The normalized spacial score (nSPS) is 11.8. The van der Waals surface area contributed by atoms with E-state index in [4.69, 9.17) is 11.6 Å². The van der Waals surface area contributed by atoms with Crippen LogP contribution in [0.1, 0.15) is 5.69 Å². The van der Waals surface area contributed by atoms with Crippen LogP contribution in [-0.4, -0.2) is 0 Å². The highest BCUT2D eigenvalue weighted by Crippen LogP contribution is 2.35. The zero-order valence-corrected chi connectivity index (χ0v) is 8.24. The summed E-state index contributed by atoms with van der Waals surface area (Å²) in [6.07, 6.45) is -4.01. The second-order valence-corrected chi connectivity index (χ2v) is 3.35. The van der Waals surface area contributed by atoms with Crippen LogP contribution in [0, 0.1) is 5.21 Å². The average Bonchev–Trinajstić information content (AvgIpc) is 1.95. The van der Waals surface area contributed by atoms with E-state index >= 15 is 0 Å². The van der Waals surface area contributed by atoms with Crippen molar-refractivity contribution in [3.63, 3.8) is 0 Å².